The van der Waals surface area contributed by atoms with Crippen molar-refractivity contribution in [2.75, 3.05) is 38.8 Å². The third kappa shape index (κ3) is 13.7. The van der Waals surface area contributed by atoms with Crippen LogP contribution in [0.25, 0.3) is 0 Å². The molecule has 0 aliphatic heterocycles. The molecular weight excluding hydrogens is 660 g/mol. The molecule has 0 saturated heterocycles. The van der Waals surface area contributed by atoms with Gasteiger partial charge in [0.05, 0.1) is 42.5 Å². The maximum atomic E-state index is 12.6. The molecule has 0 radical (unpaired) electrons. The topological polar surface area (TPSA) is 141 Å². The number of esters is 1. The van der Waals surface area contributed by atoms with Crippen molar-refractivity contribution >= 4 is 40.1 Å². The number of nitrogens with zero attached hydrogens (tertiary/aromatic N) is 6. The fourth-order valence-electron chi connectivity index (χ4n) is 5.36. The molecule has 0 unspecified atom stereocenters. The molecule has 0 N–H and O–H groups in total. The zero-order chi connectivity index (χ0) is 37.8. The fraction of sp³-hybridized carbons (Fsp3) is 0.525. The van der Waals surface area contributed by atoms with Gasteiger partial charge >= 0.3 is 5.97 Å². The van der Waals surface area contributed by atoms with Gasteiger partial charge in [-0.3, -0.25) is 14.9 Å². The molecule has 0 spiro atoms. The first-order chi connectivity index (χ1) is 25.1. The quantitative estimate of drug-likeness (QED) is 0.0295. The average molecular weight is 717 g/mol. The molecule has 0 aliphatic carbocycles. The van der Waals surface area contributed by atoms with Gasteiger partial charge in [-0.1, -0.05) is 71.6 Å². The van der Waals surface area contributed by atoms with Crippen LogP contribution in [0, 0.1) is 15.5 Å². The Morgan fingerprint density at radius 3 is 1.65 bits per heavy atom. The van der Waals surface area contributed by atoms with Gasteiger partial charge in [-0.15, -0.1) is 10.2 Å². The summed E-state index contributed by atoms with van der Waals surface area (Å²) in [5, 5.41) is 28.3. The van der Waals surface area contributed by atoms with Crippen LogP contribution in [0.1, 0.15) is 98.3 Å². The van der Waals surface area contributed by atoms with Gasteiger partial charge < -0.3 is 19.1 Å². The SMILES string of the molecule is CCCCCCCCCCCCN(CCOC(=O)C(C)(C)CC)c1ccc(N=Nc2cc(OC)c(N=Nc3ccc([N+](=O)[O-])cc3)cc2OC)cc1. The predicted octanol–water partition coefficient (Wildman–Crippen LogP) is 12.1. The maximum Gasteiger partial charge on any atom is 0.311 e. The Bertz CT molecular complexity index is 1590. The van der Waals surface area contributed by atoms with E-state index in [2.05, 4.69) is 32.3 Å². The summed E-state index contributed by atoms with van der Waals surface area (Å²) >= 11 is 0. The minimum atomic E-state index is -0.500. The number of unbranched alkanes of at least 4 members (excludes halogenated alkanes) is 9. The number of carbonyl (C=O) groups excluding carboxylic acids is 1. The lowest BCUT2D eigenvalue weighted by Crippen LogP contribution is -2.32. The average Bonchev–Trinajstić information content (AvgIpc) is 3.16. The van der Waals surface area contributed by atoms with Gasteiger partial charge in [-0.2, -0.15) is 10.2 Å². The van der Waals surface area contributed by atoms with Crippen molar-refractivity contribution in [3.05, 3.63) is 70.8 Å². The number of hydrogen-bond donors (Lipinski definition) is 0. The first-order valence-corrected chi connectivity index (χ1v) is 18.5. The van der Waals surface area contributed by atoms with Crippen LogP contribution in [-0.4, -0.2) is 44.8 Å². The number of rotatable bonds is 24. The largest absolute Gasteiger partial charge is 0.494 e. The molecule has 3 aromatic rings. The minimum absolute atomic E-state index is 0.0292. The van der Waals surface area contributed by atoms with Gasteiger partial charge in [0.2, 0.25) is 0 Å². The first-order valence-electron chi connectivity index (χ1n) is 18.5. The second-order valence-corrected chi connectivity index (χ2v) is 13.4. The van der Waals surface area contributed by atoms with Crippen LogP contribution in [0.4, 0.5) is 34.1 Å². The lowest BCUT2D eigenvalue weighted by Gasteiger charge is -2.26. The molecule has 12 nitrogen and oxygen atoms in total. The van der Waals surface area contributed by atoms with Crippen LogP contribution >= 0.6 is 0 Å². The predicted molar refractivity (Wildman–Crippen MR) is 207 cm³/mol. The molecule has 0 fully saturated rings. The van der Waals surface area contributed by atoms with Crippen LogP contribution < -0.4 is 14.4 Å². The summed E-state index contributed by atoms with van der Waals surface area (Å²) < 4.78 is 16.8. The number of ether oxygens (including phenoxy) is 3. The highest BCUT2D eigenvalue weighted by molar-refractivity contribution is 5.75. The Balaban J connectivity index is 1.67. The molecule has 0 heterocycles. The Morgan fingerprint density at radius 2 is 1.19 bits per heavy atom. The second-order valence-electron chi connectivity index (χ2n) is 13.4. The molecule has 0 saturated carbocycles. The minimum Gasteiger partial charge on any atom is -0.494 e. The Kier molecular flexibility index (Phi) is 17.7. The summed E-state index contributed by atoms with van der Waals surface area (Å²) in [6, 6.07) is 16.9. The third-order valence-corrected chi connectivity index (χ3v) is 9.11. The van der Waals surface area contributed by atoms with Crippen LogP contribution in [-0.2, 0) is 9.53 Å². The van der Waals surface area contributed by atoms with Crippen molar-refractivity contribution in [1.82, 2.24) is 0 Å². The smallest absolute Gasteiger partial charge is 0.311 e. The summed E-state index contributed by atoms with van der Waals surface area (Å²) in [6.45, 7) is 9.89. The van der Waals surface area contributed by atoms with E-state index < -0.39 is 10.3 Å². The lowest BCUT2D eigenvalue weighted by molar-refractivity contribution is -0.384. The van der Waals surface area contributed by atoms with Crippen molar-refractivity contribution in [1.29, 1.82) is 0 Å². The molecule has 3 aromatic carbocycles. The van der Waals surface area contributed by atoms with E-state index in [1.165, 1.54) is 96.3 Å². The first kappa shape index (κ1) is 41.5. The number of azo groups is 2. The Hall–Kier alpha value is -4.87. The molecule has 0 bridgehead atoms. The zero-order valence-electron chi connectivity index (χ0n) is 31.8. The number of carbonyl (C=O) groups is 1. The summed E-state index contributed by atoms with van der Waals surface area (Å²) in [5.41, 5.74) is 2.44. The summed E-state index contributed by atoms with van der Waals surface area (Å²) in [7, 11) is 3.04. The number of anilines is 1. The third-order valence-electron chi connectivity index (χ3n) is 9.11. The van der Waals surface area contributed by atoms with Gasteiger partial charge in [-0.25, -0.2) is 0 Å². The number of non-ortho nitro benzene ring substituents is 1. The van der Waals surface area contributed by atoms with Crippen molar-refractivity contribution < 1.29 is 23.9 Å². The monoisotopic (exact) mass is 716 g/mol. The molecule has 3 rings (SSSR count). The van der Waals surface area contributed by atoms with Gasteiger partial charge in [0.15, 0.2) is 0 Å². The summed E-state index contributed by atoms with van der Waals surface area (Å²) in [6.07, 6.45) is 13.4. The van der Waals surface area contributed by atoms with E-state index in [0.29, 0.717) is 47.4 Å². The van der Waals surface area contributed by atoms with Crippen LogP contribution in [0.2, 0.25) is 0 Å². The zero-order valence-corrected chi connectivity index (χ0v) is 31.8. The molecule has 12 heteroatoms. The highest BCUT2D eigenvalue weighted by atomic mass is 16.6. The number of nitro benzene ring substituents is 1. The molecule has 0 amide bonds. The van der Waals surface area contributed by atoms with Gasteiger partial charge in [0.25, 0.3) is 5.69 Å². The molecule has 52 heavy (non-hydrogen) atoms. The van der Waals surface area contributed by atoms with E-state index in [4.69, 9.17) is 14.2 Å². The maximum absolute atomic E-state index is 12.6. The summed E-state index contributed by atoms with van der Waals surface area (Å²) in [4.78, 5) is 25.3. The number of benzene rings is 3. The van der Waals surface area contributed by atoms with Crippen LogP contribution in [0.3, 0.4) is 0 Å². The Morgan fingerprint density at radius 1 is 0.712 bits per heavy atom. The molecule has 0 aliphatic rings. The van der Waals surface area contributed by atoms with Crippen LogP contribution in [0.5, 0.6) is 11.5 Å². The Labute approximate surface area is 308 Å². The van der Waals surface area contributed by atoms with E-state index in [9.17, 15) is 14.9 Å². The van der Waals surface area contributed by atoms with Crippen molar-refractivity contribution in [2.24, 2.45) is 25.9 Å². The van der Waals surface area contributed by atoms with Gasteiger partial charge in [-0.05, 0) is 63.1 Å². The van der Waals surface area contributed by atoms with Crippen molar-refractivity contribution in [3.63, 3.8) is 0 Å². The van der Waals surface area contributed by atoms with E-state index >= 15 is 0 Å². The van der Waals surface area contributed by atoms with Gasteiger partial charge in [0, 0.05) is 36.5 Å². The van der Waals surface area contributed by atoms with E-state index in [1.807, 2.05) is 45.0 Å². The van der Waals surface area contributed by atoms with Crippen molar-refractivity contribution in [2.45, 2.75) is 98.3 Å². The fourth-order valence-corrected chi connectivity index (χ4v) is 5.36. The standard InChI is InChI=1S/C40H56N6O6/c1-7-9-10-11-12-13-14-15-16-17-26-45(27-28-52-39(47)40(3,4)8-2)33-22-18-31(19-23-33)41-43-35-29-38(51-6)36(30-37(35)50-5)44-42-32-20-24-34(25-21-32)46(48)49/h18-25,29-30H,7-17,26-28H2,1-6H3. The summed E-state index contributed by atoms with van der Waals surface area (Å²) in [5.74, 6) is 0.654. The van der Waals surface area contributed by atoms with E-state index in [0.717, 1.165) is 25.1 Å². The van der Waals surface area contributed by atoms with E-state index in [1.54, 1.807) is 12.1 Å². The van der Waals surface area contributed by atoms with Crippen molar-refractivity contribution in [3.8, 4) is 11.5 Å². The number of methoxy groups -OCH3 is 2. The molecule has 0 aromatic heterocycles. The lowest BCUT2D eigenvalue weighted by atomic mass is 9.91. The van der Waals surface area contributed by atoms with Crippen LogP contribution in [0.15, 0.2) is 81.1 Å². The normalized spacial score (nSPS) is 11.7. The number of hydrogen-bond acceptors (Lipinski definition) is 11. The molecular formula is C40H56N6O6. The molecule has 0 atom stereocenters. The highest BCUT2D eigenvalue weighted by Gasteiger charge is 2.27. The highest BCUT2D eigenvalue weighted by Crippen LogP contribution is 2.41. The molecule has 282 valence electrons. The van der Waals surface area contributed by atoms with Gasteiger partial charge in [0.1, 0.15) is 29.5 Å². The van der Waals surface area contributed by atoms with E-state index in [-0.39, 0.29) is 11.7 Å². The second kappa shape index (κ2) is 22.1. The number of nitro groups is 1.